The molecule has 0 bridgehead atoms. The van der Waals surface area contributed by atoms with Gasteiger partial charge in [0, 0.05) is 5.41 Å². The second-order valence-electron chi connectivity index (χ2n) is 6.37. The smallest absolute Gasteiger partial charge is 0.0197 e. The van der Waals surface area contributed by atoms with E-state index in [0.29, 0.717) is 5.41 Å². The molecule has 0 saturated heterocycles. The lowest BCUT2D eigenvalue weighted by Gasteiger charge is -2.60. The summed E-state index contributed by atoms with van der Waals surface area (Å²) in [5.74, 6) is 0. The van der Waals surface area contributed by atoms with Crippen LogP contribution in [0.3, 0.4) is 0 Å². The zero-order valence-corrected chi connectivity index (χ0v) is 15.0. The van der Waals surface area contributed by atoms with Gasteiger partial charge in [0.1, 0.15) is 0 Å². The second-order valence-corrected chi connectivity index (χ2v) is 6.37. The highest BCUT2D eigenvalue weighted by Gasteiger charge is 2.58. The van der Waals surface area contributed by atoms with Crippen molar-refractivity contribution >= 4 is 12.2 Å². The second kappa shape index (κ2) is 6.28. The van der Waals surface area contributed by atoms with Crippen LogP contribution >= 0.6 is 0 Å². The molecule has 2 unspecified atom stereocenters. The highest BCUT2D eigenvalue weighted by atomic mass is 14.6. The minimum atomic E-state index is 0.265. The van der Waals surface area contributed by atoms with Gasteiger partial charge in [-0.25, -0.2) is 0 Å². The Morgan fingerprint density at radius 1 is 0.864 bits per heavy atom. The number of allylic oxidation sites excluding steroid dienone is 4. The molecular weight excluding hydrogens is 264 g/mol. The van der Waals surface area contributed by atoms with Crippen LogP contribution in [0.2, 0.25) is 0 Å². The normalized spacial score (nSPS) is 29.7. The topological polar surface area (TPSA) is 0 Å². The number of benzene rings is 1. The van der Waals surface area contributed by atoms with Crippen LogP contribution in [0.5, 0.6) is 0 Å². The van der Waals surface area contributed by atoms with Gasteiger partial charge < -0.3 is 0 Å². The fraction of sp³-hybridized carbons (Fsp3) is 0.455. The summed E-state index contributed by atoms with van der Waals surface area (Å²) in [5.41, 5.74) is 6.56. The van der Waals surface area contributed by atoms with Gasteiger partial charge in [0.2, 0.25) is 0 Å². The lowest BCUT2D eigenvalue weighted by atomic mass is 9.43. The monoisotopic (exact) mass is 294 g/mol. The predicted octanol–water partition coefficient (Wildman–Crippen LogP) is 6.90. The summed E-state index contributed by atoms with van der Waals surface area (Å²) in [4.78, 5) is 0. The summed E-state index contributed by atoms with van der Waals surface area (Å²) in [7, 11) is 0. The molecule has 0 heterocycles. The average Bonchev–Trinajstić information content (AvgIpc) is 2.68. The molecule has 0 heteroatoms. The van der Waals surface area contributed by atoms with Gasteiger partial charge >= 0.3 is 0 Å². The number of fused-ring (bicyclic) bond motifs is 1. The molecular formula is C22H30. The summed E-state index contributed by atoms with van der Waals surface area (Å²) in [5, 5.41) is 0. The van der Waals surface area contributed by atoms with Crippen LogP contribution in [0.1, 0.15) is 65.5 Å². The SMILES string of the molecule is CC.CC.CC12CC=CC3=Cc4ccccc4C=C(C1)C32C. The van der Waals surface area contributed by atoms with E-state index in [9.17, 15) is 0 Å². The Morgan fingerprint density at radius 2 is 1.45 bits per heavy atom. The highest BCUT2D eigenvalue weighted by Crippen LogP contribution is 2.68. The van der Waals surface area contributed by atoms with Gasteiger partial charge in [0.05, 0.1) is 0 Å². The molecule has 0 radical (unpaired) electrons. The van der Waals surface area contributed by atoms with E-state index in [1.807, 2.05) is 27.7 Å². The van der Waals surface area contributed by atoms with Crippen LogP contribution < -0.4 is 0 Å². The van der Waals surface area contributed by atoms with E-state index < -0.39 is 0 Å². The Labute approximate surface area is 136 Å². The molecule has 118 valence electrons. The highest BCUT2D eigenvalue weighted by molar-refractivity contribution is 5.77. The maximum atomic E-state index is 2.44. The van der Waals surface area contributed by atoms with Crippen LogP contribution in [-0.4, -0.2) is 0 Å². The van der Waals surface area contributed by atoms with E-state index in [4.69, 9.17) is 0 Å². The van der Waals surface area contributed by atoms with Gasteiger partial charge in [0.25, 0.3) is 0 Å². The molecule has 0 nitrogen and oxygen atoms in total. The van der Waals surface area contributed by atoms with Gasteiger partial charge in [-0.3, -0.25) is 0 Å². The largest absolute Gasteiger partial charge is 0.0836 e. The van der Waals surface area contributed by atoms with Gasteiger partial charge in [-0.2, -0.15) is 0 Å². The molecule has 3 aliphatic carbocycles. The summed E-state index contributed by atoms with van der Waals surface area (Å²) in [6.45, 7) is 12.9. The third kappa shape index (κ3) is 2.20. The number of rotatable bonds is 0. The van der Waals surface area contributed by atoms with Crippen molar-refractivity contribution in [3.05, 3.63) is 58.7 Å². The Balaban J connectivity index is 0.000000410. The van der Waals surface area contributed by atoms with E-state index in [2.05, 4.69) is 62.4 Å². The number of hydrogen-bond donors (Lipinski definition) is 0. The van der Waals surface area contributed by atoms with E-state index in [-0.39, 0.29) is 5.41 Å². The Bertz CT molecular complexity index is 629. The first-order valence-corrected chi connectivity index (χ1v) is 8.82. The van der Waals surface area contributed by atoms with Crippen LogP contribution in [-0.2, 0) is 0 Å². The van der Waals surface area contributed by atoms with E-state index in [1.54, 1.807) is 5.57 Å². The van der Waals surface area contributed by atoms with Gasteiger partial charge in [-0.1, -0.05) is 95.7 Å². The molecule has 4 rings (SSSR count). The standard InChI is InChI=1S/C18H18.2C2H6/c1-17-9-5-8-15-10-13-6-3-4-7-14(13)11-16(12-17)18(15,17)2;2*1-2/h3-8,10-11H,9,12H2,1-2H3;2*1-2H3. The lowest BCUT2D eigenvalue weighted by Crippen LogP contribution is -2.51. The first kappa shape index (κ1) is 16.8. The van der Waals surface area contributed by atoms with Crippen molar-refractivity contribution in [2.75, 3.05) is 0 Å². The van der Waals surface area contributed by atoms with Crippen LogP contribution in [0, 0.1) is 10.8 Å². The molecule has 0 spiro atoms. The molecule has 0 amide bonds. The summed E-state index contributed by atoms with van der Waals surface area (Å²) >= 11 is 0. The Morgan fingerprint density at radius 3 is 2.09 bits per heavy atom. The maximum absolute atomic E-state index is 2.44. The molecule has 22 heavy (non-hydrogen) atoms. The van der Waals surface area contributed by atoms with Gasteiger partial charge in [0.15, 0.2) is 0 Å². The molecule has 1 saturated carbocycles. The van der Waals surface area contributed by atoms with E-state index >= 15 is 0 Å². The van der Waals surface area contributed by atoms with E-state index in [0.717, 1.165) is 0 Å². The summed E-state index contributed by atoms with van der Waals surface area (Å²) < 4.78 is 0. The van der Waals surface area contributed by atoms with Crippen molar-refractivity contribution in [1.29, 1.82) is 0 Å². The zero-order valence-electron chi connectivity index (χ0n) is 15.0. The van der Waals surface area contributed by atoms with Crippen molar-refractivity contribution in [2.45, 2.75) is 54.4 Å². The molecule has 0 N–H and O–H groups in total. The minimum Gasteiger partial charge on any atom is -0.0836 e. The molecule has 0 aromatic heterocycles. The predicted molar refractivity (Wildman–Crippen MR) is 99.7 cm³/mol. The Kier molecular flexibility index (Phi) is 4.80. The van der Waals surface area contributed by atoms with E-state index in [1.165, 1.54) is 29.5 Å². The molecule has 2 atom stereocenters. The first-order chi connectivity index (χ1) is 10.6. The third-order valence-corrected chi connectivity index (χ3v) is 5.51. The number of hydrogen-bond acceptors (Lipinski definition) is 0. The van der Waals surface area contributed by atoms with Crippen LogP contribution in [0.4, 0.5) is 0 Å². The molecule has 1 aromatic carbocycles. The van der Waals surface area contributed by atoms with Crippen molar-refractivity contribution in [3.8, 4) is 0 Å². The van der Waals surface area contributed by atoms with Crippen LogP contribution in [0.15, 0.2) is 47.6 Å². The fourth-order valence-electron chi connectivity index (χ4n) is 3.99. The summed E-state index contributed by atoms with van der Waals surface area (Å²) in [6, 6.07) is 8.74. The molecule has 0 aliphatic heterocycles. The minimum absolute atomic E-state index is 0.265. The first-order valence-electron chi connectivity index (χ1n) is 8.82. The van der Waals surface area contributed by atoms with Crippen molar-refractivity contribution in [3.63, 3.8) is 0 Å². The van der Waals surface area contributed by atoms with Gasteiger partial charge in [-0.05, 0) is 35.0 Å². The van der Waals surface area contributed by atoms with Crippen molar-refractivity contribution < 1.29 is 0 Å². The van der Waals surface area contributed by atoms with Crippen molar-refractivity contribution in [1.82, 2.24) is 0 Å². The quantitative estimate of drug-likeness (QED) is 0.488. The fourth-order valence-corrected chi connectivity index (χ4v) is 3.99. The molecule has 1 aromatic rings. The van der Waals surface area contributed by atoms with Gasteiger partial charge in [-0.15, -0.1) is 0 Å². The van der Waals surface area contributed by atoms with Crippen LogP contribution in [0.25, 0.3) is 12.2 Å². The molecule has 1 fully saturated rings. The Hall–Kier alpha value is -1.56. The maximum Gasteiger partial charge on any atom is 0.0197 e. The molecule has 3 aliphatic rings. The lowest BCUT2D eigenvalue weighted by molar-refractivity contribution is 0.0632. The summed E-state index contributed by atoms with van der Waals surface area (Å²) in [6.07, 6.45) is 12.0. The average molecular weight is 294 g/mol. The zero-order chi connectivity index (χ0) is 16.4. The van der Waals surface area contributed by atoms with Crippen molar-refractivity contribution in [2.24, 2.45) is 10.8 Å². The third-order valence-electron chi connectivity index (χ3n) is 5.51.